The van der Waals surface area contributed by atoms with Crippen molar-refractivity contribution in [1.29, 1.82) is 0 Å². The van der Waals surface area contributed by atoms with Gasteiger partial charge in [0.05, 0.1) is 15.5 Å². The topological polar surface area (TPSA) is 110 Å². The molecule has 2 rings (SSSR count). The Kier molecular flexibility index (Phi) is 3.76. The van der Waals surface area contributed by atoms with Crippen molar-refractivity contribution in [2.45, 2.75) is 4.90 Å². The number of halogens is 1. The highest BCUT2D eigenvalue weighted by Gasteiger charge is 2.17. The lowest BCUT2D eigenvalue weighted by molar-refractivity contribution is -0.384. The Balaban J connectivity index is 2.31. The van der Waals surface area contributed by atoms with Gasteiger partial charge >= 0.3 is 0 Å². The number of phenolic OH excluding ortho intramolecular Hbond substituents is 1. The van der Waals surface area contributed by atoms with Crippen LogP contribution in [-0.2, 0) is 10.0 Å². The fourth-order valence-corrected chi connectivity index (χ4v) is 2.62. The smallest absolute Gasteiger partial charge is 0.269 e. The van der Waals surface area contributed by atoms with Crippen LogP contribution in [0.5, 0.6) is 5.75 Å². The molecule has 2 N–H and O–H groups in total. The van der Waals surface area contributed by atoms with Gasteiger partial charge in [0.2, 0.25) is 0 Å². The zero-order chi connectivity index (χ0) is 15.6. The molecule has 0 aliphatic rings. The van der Waals surface area contributed by atoms with E-state index in [2.05, 4.69) is 4.72 Å². The maximum Gasteiger partial charge on any atom is 0.269 e. The molecule has 0 atom stereocenters. The van der Waals surface area contributed by atoms with E-state index in [0.29, 0.717) is 0 Å². The van der Waals surface area contributed by atoms with Gasteiger partial charge in [0.25, 0.3) is 15.7 Å². The summed E-state index contributed by atoms with van der Waals surface area (Å²) in [6.45, 7) is 0. The van der Waals surface area contributed by atoms with Crippen LogP contribution in [0.3, 0.4) is 0 Å². The summed E-state index contributed by atoms with van der Waals surface area (Å²) in [6.07, 6.45) is 0. The fraction of sp³-hybridized carbons (Fsp3) is 0. The quantitative estimate of drug-likeness (QED) is 0.511. The van der Waals surface area contributed by atoms with Crippen molar-refractivity contribution < 1.29 is 22.8 Å². The highest BCUT2D eigenvalue weighted by atomic mass is 32.2. The maximum atomic E-state index is 12.8. The van der Waals surface area contributed by atoms with Gasteiger partial charge in [-0.05, 0) is 24.3 Å². The molecule has 0 aliphatic carbocycles. The highest BCUT2D eigenvalue weighted by molar-refractivity contribution is 7.92. The van der Waals surface area contributed by atoms with Gasteiger partial charge in [-0.3, -0.25) is 14.8 Å². The molecular weight excluding hydrogens is 303 g/mol. The first-order chi connectivity index (χ1) is 9.79. The largest absolute Gasteiger partial charge is 0.506 e. The SMILES string of the molecule is O=[N+]([O-])c1ccc(S(=O)(=O)Nc2ccc(F)cc2O)cc1. The summed E-state index contributed by atoms with van der Waals surface area (Å²) in [7, 11) is -4.05. The molecule has 0 saturated heterocycles. The van der Waals surface area contributed by atoms with Crippen molar-refractivity contribution >= 4 is 21.4 Å². The monoisotopic (exact) mass is 312 g/mol. The molecule has 110 valence electrons. The highest BCUT2D eigenvalue weighted by Crippen LogP contribution is 2.26. The molecule has 9 heteroatoms. The van der Waals surface area contributed by atoms with E-state index in [1.165, 1.54) is 0 Å². The molecule has 0 amide bonds. The fourth-order valence-electron chi connectivity index (χ4n) is 1.54. The van der Waals surface area contributed by atoms with Gasteiger partial charge in [-0.25, -0.2) is 12.8 Å². The predicted molar refractivity (Wildman–Crippen MR) is 72.0 cm³/mol. The molecular formula is C12H9FN2O5S. The third-order valence-corrected chi connectivity index (χ3v) is 3.94. The standard InChI is InChI=1S/C12H9FN2O5S/c13-8-1-6-11(12(16)7-8)14-21(19,20)10-4-2-9(3-5-10)15(17)18/h1-7,14,16H. The molecule has 0 fully saturated rings. The number of non-ortho nitro benzene ring substituents is 1. The van der Waals surface area contributed by atoms with Crippen LogP contribution in [0.25, 0.3) is 0 Å². The van der Waals surface area contributed by atoms with E-state index >= 15 is 0 Å². The first kappa shape index (κ1) is 14.7. The van der Waals surface area contributed by atoms with Crippen molar-refractivity contribution in [1.82, 2.24) is 0 Å². The molecule has 0 aliphatic heterocycles. The van der Waals surface area contributed by atoms with Gasteiger partial charge in [-0.15, -0.1) is 0 Å². The third kappa shape index (κ3) is 3.26. The lowest BCUT2D eigenvalue weighted by Gasteiger charge is -2.09. The number of nitrogens with one attached hydrogen (secondary N) is 1. The average molecular weight is 312 g/mol. The number of nitrogens with zero attached hydrogens (tertiary/aromatic N) is 1. The lowest BCUT2D eigenvalue weighted by Crippen LogP contribution is -2.13. The number of rotatable bonds is 4. The first-order valence-electron chi connectivity index (χ1n) is 5.55. The summed E-state index contributed by atoms with van der Waals surface area (Å²) in [5.74, 6) is -1.29. The van der Waals surface area contributed by atoms with Crippen molar-refractivity contribution in [3.8, 4) is 5.75 Å². The van der Waals surface area contributed by atoms with E-state index in [4.69, 9.17) is 0 Å². The number of hydrogen-bond acceptors (Lipinski definition) is 5. The number of benzene rings is 2. The summed E-state index contributed by atoms with van der Waals surface area (Å²) in [6, 6.07) is 6.99. The van der Waals surface area contributed by atoms with Crippen molar-refractivity contribution in [3.63, 3.8) is 0 Å². The van der Waals surface area contributed by atoms with E-state index in [1.54, 1.807) is 0 Å². The van der Waals surface area contributed by atoms with E-state index in [1.807, 2.05) is 0 Å². The maximum absolute atomic E-state index is 12.8. The minimum Gasteiger partial charge on any atom is -0.506 e. The van der Waals surface area contributed by atoms with E-state index in [-0.39, 0.29) is 16.3 Å². The molecule has 0 radical (unpaired) electrons. The van der Waals surface area contributed by atoms with Gasteiger partial charge in [0.1, 0.15) is 11.6 Å². The predicted octanol–water partition coefficient (Wildman–Crippen LogP) is 2.24. The molecule has 2 aromatic rings. The Morgan fingerprint density at radius 3 is 2.29 bits per heavy atom. The van der Waals surface area contributed by atoms with Gasteiger partial charge in [0.15, 0.2) is 0 Å². The van der Waals surface area contributed by atoms with Crippen molar-refractivity contribution in [2.24, 2.45) is 0 Å². The van der Waals surface area contributed by atoms with Crippen LogP contribution in [0.15, 0.2) is 47.4 Å². The van der Waals surface area contributed by atoms with Crippen LogP contribution in [0.1, 0.15) is 0 Å². The molecule has 0 unspecified atom stereocenters. The number of aromatic hydroxyl groups is 1. The zero-order valence-corrected chi connectivity index (χ0v) is 11.2. The summed E-state index contributed by atoms with van der Waals surface area (Å²) in [4.78, 5) is 9.62. The Morgan fingerprint density at radius 2 is 1.76 bits per heavy atom. The summed E-state index contributed by atoms with van der Waals surface area (Å²) in [5.41, 5.74) is -0.451. The van der Waals surface area contributed by atoms with Crippen molar-refractivity contribution in [2.75, 3.05) is 4.72 Å². The van der Waals surface area contributed by atoms with Crippen LogP contribution >= 0.6 is 0 Å². The zero-order valence-electron chi connectivity index (χ0n) is 10.4. The van der Waals surface area contributed by atoms with Crippen LogP contribution in [0.2, 0.25) is 0 Å². The Bertz CT molecular complexity index is 790. The minimum atomic E-state index is -4.05. The lowest BCUT2D eigenvalue weighted by atomic mass is 10.3. The normalized spacial score (nSPS) is 11.1. The molecule has 7 nitrogen and oxygen atoms in total. The molecule has 0 heterocycles. The van der Waals surface area contributed by atoms with Gasteiger partial charge < -0.3 is 5.11 Å². The Hall–Kier alpha value is -2.68. The second-order valence-electron chi connectivity index (χ2n) is 4.02. The molecule has 2 aromatic carbocycles. The van der Waals surface area contributed by atoms with Crippen LogP contribution in [0.4, 0.5) is 15.8 Å². The minimum absolute atomic E-state index is 0.199. The first-order valence-corrected chi connectivity index (χ1v) is 7.04. The third-order valence-electron chi connectivity index (χ3n) is 2.56. The molecule has 0 saturated carbocycles. The number of nitro groups is 1. The second kappa shape index (κ2) is 5.37. The van der Waals surface area contributed by atoms with Crippen molar-refractivity contribution in [3.05, 3.63) is 58.4 Å². The molecule has 0 spiro atoms. The number of nitro benzene ring substituents is 1. The van der Waals surface area contributed by atoms with Gasteiger partial charge in [-0.1, -0.05) is 0 Å². The van der Waals surface area contributed by atoms with Crippen LogP contribution < -0.4 is 4.72 Å². The van der Waals surface area contributed by atoms with Crippen LogP contribution in [-0.4, -0.2) is 18.4 Å². The van der Waals surface area contributed by atoms with E-state index in [9.17, 15) is 28.0 Å². The van der Waals surface area contributed by atoms with Gasteiger partial charge in [0, 0.05) is 18.2 Å². The number of sulfonamides is 1. The van der Waals surface area contributed by atoms with E-state index < -0.39 is 26.5 Å². The average Bonchev–Trinajstić information content (AvgIpc) is 2.42. The number of hydrogen-bond donors (Lipinski definition) is 2. The molecule has 0 bridgehead atoms. The summed E-state index contributed by atoms with van der Waals surface area (Å²) in [5, 5.41) is 20.0. The summed E-state index contributed by atoms with van der Waals surface area (Å²) < 4.78 is 39.0. The van der Waals surface area contributed by atoms with E-state index in [0.717, 1.165) is 42.5 Å². The summed E-state index contributed by atoms with van der Waals surface area (Å²) >= 11 is 0. The Morgan fingerprint density at radius 1 is 1.14 bits per heavy atom. The van der Waals surface area contributed by atoms with Crippen LogP contribution in [0, 0.1) is 15.9 Å². The van der Waals surface area contributed by atoms with Gasteiger partial charge in [-0.2, -0.15) is 0 Å². The Labute approximate surface area is 118 Å². The number of anilines is 1. The second-order valence-corrected chi connectivity index (χ2v) is 5.70. The number of phenols is 1. The molecule has 21 heavy (non-hydrogen) atoms. The molecule has 0 aromatic heterocycles.